The van der Waals surface area contributed by atoms with Crippen molar-refractivity contribution in [3.05, 3.63) is 155 Å². The van der Waals surface area contributed by atoms with Gasteiger partial charge in [0.15, 0.2) is 6.29 Å². The number of thiophene rings is 2. The number of benzene rings is 4. The highest BCUT2D eigenvalue weighted by atomic mass is 35.5. The van der Waals surface area contributed by atoms with Crippen LogP contribution >= 0.6 is 45.9 Å². The molecule has 5 unspecified atom stereocenters. The molecule has 3 heterocycles. The lowest BCUT2D eigenvalue weighted by Gasteiger charge is -2.31. The third-order valence-corrected chi connectivity index (χ3v) is 19.9. The van der Waals surface area contributed by atoms with Gasteiger partial charge in [0.1, 0.15) is 30.7 Å². The average molecular weight is 1120 g/mol. The number of nitrogens with one attached hydrogen (secondary N) is 2. The number of rotatable bonds is 16. The molecule has 74 heavy (non-hydrogen) atoms. The summed E-state index contributed by atoms with van der Waals surface area (Å²) in [6.45, 7) is 10.8. The number of sulfonamides is 2. The molecule has 9 rings (SSSR count). The predicted molar refractivity (Wildman–Crippen MR) is 289 cm³/mol. The summed E-state index contributed by atoms with van der Waals surface area (Å²) in [6.07, 6.45) is 2.59. The second-order valence-electron chi connectivity index (χ2n) is 20.8. The minimum absolute atomic E-state index is 0.0622. The number of ether oxygens (including phenoxy) is 4. The number of carbonyl (C=O) groups is 2. The van der Waals surface area contributed by atoms with Gasteiger partial charge in [0.25, 0.3) is 20.0 Å². The highest BCUT2D eigenvalue weighted by Crippen LogP contribution is 2.61. The van der Waals surface area contributed by atoms with Gasteiger partial charge < -0.3 is 24.1 Å². The van der Waals surface area contributed by atoms with Gasteiger partial charge in [0, 0.05) is 26.4 Å². The molecule has 0 radical (unpaired) electrons. The lowest BCUT2D eigenvalue weighted by atomic mass is 9.91. The Morgan fingerprint density at radius 2 is 1.04 bits per heavy atom. The van der Waals surface area contributed by atoms with Crippen molar-refractivity contribution in [1.29, 1.82) is 0 Å². The van der Waals surface area contributed by atoms with Crippen molar-refractivity contribution in [2.24, 2.45) is 0 Å². The maximum Gasteiger partial charge on any atom is 0.328 e. The number of aliphatic hydroxyl groups is 1. The number of esters is 2. The van der Waals surface area contributed by atoms with Crippen molar-refractivity contribution in [3.63, 3.8) is 0 Å². The van der Waals surface area contributed by atoms with Crippen LogP contribution in [-0.4, -0.2) is 82.3 Å². The quantitative estimate of drug-likeness (QED) is 0.0784. The number of aliphatic hydroxyl groups excluding tert-OH is 1. The smallest absolute Gasteiger partial charge is 0.328 e. The summed E-state index contributed by atoms with van der Waals surface area (Å²) in [7, 11) is -8.23. The van der Waals surface area contributed by atoms with E-state index in [9.17, 15) is 31.5 Å². The van der Waals surface area contributed by atoms with Gasteiger partial charge in [0.2, 0.25) is 0 Å². The molecule has 13 nitrogen and oxygen atoms in total. The van der Waals surface area contributed by atoms with Gasteiger partial charge in [-0.2, -0.15) is 9.44 Å². The summed E-state index contributed by atoms with van der Waals surface area (Å²) < 4.78 is 83.8. The molecule has 0 amide bonds. The van der Waals surface area contributed by atoms with Crippen LogP contribution in [0.2, 0.25) is 10.0 Å². The van der Waals surface area contributed by atoms with Crippen LogP contribution in [0.1, 0.15) is 84.8 Å². The van der Waals surface area contributed by atoms with Crippen LogP contribution < -0.4 is 9.44 Å². The normalized spacial score (nSPS) is 23.8. The number of hydrogen-bond acceptors (Lipinski definition) is 13. The van der Waals surface area contributed by atoms with Gasteiger partial charge in [-0.3, -0.25) is 0 Å². The monoisotopic (exact) mass is 1120 g/mol. The minimum Gasteiger partial charge on any atom is -0.459 e. The molecule has 6 aromatic rings. The SMILES string of the molecule is CC(C)(C)OC(=O)C1(NS(=O)(=O)c2ccc(-c3ccc(Cl)cc3)s2)CC1(CO)c1ccccc1.CC(C)(C)OC(=O)C1(NS(=O)(=O)c2ccc(-c3ccc(Cl)cc3)s2)CC1(COC1CCCCO1)c1ccccc1. The largest absolute Gasteiger partial charge is 0.459 e. The van der Waals surface area contributed by atoms with Gasteiger partial charge in [-0.25, -0.2) is 26.4 Å². The molecular weight excluding hydrogens is 1060 g/mol. The number of halogens is 2. The van der Waals surface area contributed by atoms with Crippen LogP contribution in [0.4, 0.5) is 0 Å². The second kappa shape index (κ2) is 21.5. The molecule has 3 aliphatic rings. The van der Waals surface area contributed by atoms with Crippen LogP contribution in [0.5, 0.6) is 0 Å². The van der Waals surface area contributed by atoms with Crippen molar-refractivity contribution in [2.45, 2.75) is 121 Å². The highest BCUT2D eigenvalue weighted by molar-refractivity contribution is 7.92. The van der Waals surface area contributed by atoms with E-state index in [4.69, 9.17) is 42.1 Å². The standard InChI is InChI=1S/C30H34ClNO6S2.C25H26ClNO5S2/c1-28(2,3)38-27(33)30(32-40(34,35)26-17-16-24(39-26)21-12-14-23(31)15-13-21)19-29(30,22-9-5-4-6-10-22)20-37-25-11-7-8-18-36-25;1-23(2,3)32-22(29)25(15-24(25,16-28)18-7-5-4-6-8-18)27-34(30,31)21-14-13-20(33-21)17-9-11-19(26)12-10-17/h4-6,9-10,12-17,25,32H,7-8,11,18-20H2,1-3H3;4-14,27-28H,15-16H2,1-3H3. The molecule has 0 bridgehead atoms. The summed E-state index contributed by atoms with van der Waals surface area (Å²) in [6, 6.07) is 39.2. The molecule has 1 saturated heterocycles. The fourth-order valence-electron chi connectivity index (χ4n) is 9.29. The number of carbonyl (C=O) groups excluding carboxylic acids is 2. The topological polar surface area (TPSA) is 184 Å². The summed E-state index contributed by atoms with van der Waals surface area (Å²) in [5.41, 5.74) is -3.78. The van der Waals surface area contributed by atoms with Crippen LogP contribution in [0.15, 0.2) is 142 Å². The fourth-order valence-corrected chi connectivity index (χ4v) is 15.0. The first kappa shape index (κ1) is 55.7. The number of hydrogen-bond donors (Lipinski definition) is 3. The molecule has 1 aliphatic heterocycles. The van der Waals surface area contributed by atoms with E-state index in [0.29, 0.717) is 22.2 Å². The zero-order valence-electron chi connectivity index (χ0n) is 41.9. The molecular formula is C55H60Cl2N2O11S4. The second-order valence-corrected chi connectivity index (χ2v) is 27.7. The Balaban J connectivity index is 0.000000200. The first-order valence-corrected chi connectivity index (χ1v) is 29.4. The molecule has 3 fully saturated rings. The van der Waals surface area contributed by atoms with Crippen molar-refractivity contribution < 1.29 is 50.5 Å². The van der Waals surface area contributed by atoms with Gasteiger partial charge in [-0.1, -0.05) is 108 Å². The first-order valence-electron chi connectivity index (χ1n) is 24.1. The molecule has 19 heteroatoms. The molecule has 394 valence electrons. The molecule has 3 N–H and O–H groups in total. The lowest BCUT2D eigenvalue weighted by Crippen LogP contribution is -2.52. The Morgan fingerprint density at radius 1 is 0.622 bits per heavy atom. The Labute approximate surface area is 451 Å². The van der Waals surface area contributed by atoms with E-state index in [0.717, 1.165) is 68.4 Å². The van der Waals surface area contributed by atoms with E-state index in [-0.39, 0.29) is 27.9 Å². The molecule has 2 saturated carbocycles. The van der Waals surface area contributed by atoms with E-state index >= 15 is 0 Å². The summed E-state index contributed by atoms with van der Waals surface area (Å²) in [5.74, 6) is -1.34. The third kappa shape index (κ3) is 11.9. The van der Waals surface area contributed by atoms with Crippen LogP contribution in [0, 0.1) is 0 Å². The van der Waals surface area contributed by atoms with Crippen molar-refractivity contribution in [3.8, 4) is 20.9 Å². The van der Waals surface area contributed by atoms with E-state index in [1.165, 1.54) is 6.07 Å². The Bertz CT molecular complexity index is 3170. The summed E-state index contributed by atoms with van der Waals surface area (Å²) in [5, 5.41) is 11.6. The van der Waals surface area contributed by atoms with Crippen LogP contribution in [0.3, 0.4) is 0 Å². The Kier molecular flexibility index (Phi) is 16.2. The predicted octanol–water partition coefficient (Wildman–Crippen LogP) is 11.1. The van der Waals surface area contributed by atoms with Gasteiger partial charge in [-0.15, -0.1) is 22.7 Å². The molecule has 5 atom stereocenters. The van der Waals surface area contributed by atoms with E-state index < -0.39 is 78.0 Å². The highest BCUT2D eigenvalue weighted by Gasteiger charge is 2.77. The van der Waals surface area contributed by atoms with Gasteiger partial charge >= 0.3 is 11.9 Å². The van der Waals surface area contributed by atoms with E-state index in [1.54, 1.807) is 108 Å². The maximum atomic E-state index is 13.9. The van der Waals surface area contributed by atoms with E-state index in [1.807, 2.05) is 60.7 Å². The summed E-state index contributed by atoms with van der Waals surface area (Å²) >= 11 is 14.2. The van der Waals surface area contributed by atoms with Crippen molar-refractivity contribution >= 4 is 77.9 Å². The first-order chi connectivity index (χ1) is 34.9. The zero-order valence-corrected chi connectivity index (χ0v) is 46.6. The van der Waals surface area contributed by atoms with Crippen LogP contribution in [0.25, 0.3) is 20.9 Å². The molecule has 2 aliphatic carbocycles. The lowest BCUT2D eigenvalue weighted by molar-refractivity contribution is -0.171. The molecule has 2 aromatic heterocycles. The zero-order chi connectivity index (χ0) is 53.4. The van der Waals surface area contributed by atoms with Crippen LogP contribution in [-0.2, 0) is 59.4 Å². The van der Waals surface area contributed by atoms with Gasteiger partial charge in [-0.05, 0) is 144 Å². The average Bonchev–Trinajstić information content (AvgIpc) is 3.92. The van der Waals surface area contributed by atoms with Crippen molar-refractivity contribution in [1.82, 2.24) is 9.44 Å². The minimum atomic E-state index is -4.12. The summed E-state index contributed by atoms with van der Waals surface area (Å²) in [4.78, 5) is 28.8. The maximum absolute atomic E-state index is 13.9. The fraction of sp³-hybridized carbons (Fsp3) is 0.382. The van der Waals surface area contributed by atoms with E-state index in [2.05, 4.69) is 9.44 Å². The third-order valence-electron chi connectivity index (χ3n) is 13.2. The Morgan fingerprint density at radius 3 is 1.45 bits per heavy atom. The molecule has 4 aromatic carbocycles. The van der Waals surface area contributed by atoms with Gasteiger partial charge in [0.05, 0.1) is 24.0 Å². The molecule has 0 spiro atoms. The van der Waals surface area contributed by atoms with Crippen molar-refractivity contribution in [2.75, 3.05) is 19.8 Å². The Hall–Kier alpha value is -4.50.